The number of anilines is 2. The number of aryl methyl sites for hydroxylation is 1. The molecule has 40 heavy (non-hydrogen) atoms. The number of carbonyl (C=O) groups excluding carboxylic acids is 3. The number of ether oxygens (including phenoxy) is 1. The minimum absolute atomic E-state index is 0.115. The molecule has 4 aliphatic heterocycles. The van der Waals surface area contributed by atoms with Crippen molar-refractivity contribution in [2.75, 3.05) is 23.8 Å². The van der Waals surface area contributed by atoms with Gasteiger partial charge < -0.3 is 15.4 Å². The van der Waals surface area contributed by atoms with Gasteiger partial charge in [-0.2, -0.15) is 0 Å². The topological polar surface area (TPSA) is 87.7 Å². The maximum atomic E-state index is 14.7. The molecule has 7 nitrogen and oxygen atoms in total. The van der Waals surface area contributed by atoms with Crippen LogP contribution >= 0.6 is 0 Å². The van der Waals surface area contributed by atoms with Gasteiger partial charge in [0.15, 0.2) is 5.78 Å². The Balaban J connectivity index is 1.49. The largest absolute Gasteiger partial charge is 0.494 e. The van der Waals surface area contributed by atoms with Crippen LogP contribution in [0.1, 0.15) is 60.2 Å². The van der Waals surface area contributed by atoms with Gasteiger partial charge in [0.05, 0.1) is 12.5 Å². The van der Waals surface area contributed by atoms with Gasteiger partial charge in [0, 0.05) is 28.5 Å². The number of amides is 2. The van der Waals surface area contributed by atoms with Crippen LogP contribution < -0.4 is 15.4 Å². The summed E-state index contributed by atoms with van der Waals surface area (Å²) >= 11 is 0. The number of rotatable bonds is 6. The monoisotopic (exact) mass is 535 g/mol. The average Bonchev–Trinajstić information content (AvgIpc) is 3.70. The number of ketones is 1. The normalized spacial score (nSPS) is 27.9. The Labute approximate surface area is 233 Å². The smallest absolute Gasteiger partial charge is 0.251 e. The lowest BCUT2D eigenvalue weighted by Gasteiger charge is -2.43. The van der Waals surface area contributed by atoms with E-state index in [0.29, 0.717) is 30.2 Å². The summed E-state index contributed by atoms with van der Waals surface area (Å²) in [6, 6.07) is 20.5. The van der Waals surface area contributed by atoms with Crippen LogP contribution in [0.15, 0.2) is 66.7 Å². The van der Waals surface area contributed by atoms with Crippen LogP contribution in [-0.2, 0) is 27.0 Å². The molecular formula is C33H33N3O4. The molecule has 2 N–H and O–H groups in total. The highest BCUT2D eigenvalue weighted by atomic mass is 16.5. The van der Waals surface area contributed by atoms with Gasteiger partial charge in [-0.3, -0.25) is 19.3 Å². The quantitative estimate of drug-likeness (QED) is 0.431. The van der Waals surface area contributed by atoms with Crippen LogP contribution in [0.5, 0.6) is 5.75 Å². The molecule has 0 aromatic heterocycles. The van der Waals surface area contributed by atoms with Crippen molar-refractivity contribution in [2.45, 2.75) is 56.5 Å². The van der Waals surface area contributed by atoms with E-state index in [4.69, 9.17) is 4.74 Å². The summed E-state index contributed by atoms with van der Waals surface area (Å²) in [6.07, 6.45) is 3.23. The fraction of sp³-hybridized carbons (Fsp3) is 0.364. The number of Topliss-reactive ketones (excluding diaryl/α,β-unsaturated/α-hetero) is 1. The molecule has 7 rings (SSSR count). The van der Waals surface area contributed by atoms with E-state index in [1.54, 1.807) is 12.1 Å². The molecule has 0 bridgehead atoms. The number of carbonyl (C=O) groups is 3. The van der Waals surface area contributed by atoms with E-state index in [1.807, 2.05) is 61.5 Å². The Kier molecular flexibility index (Phi) is 5.65. The lowest BCUT2D eigenvalue weighted by Crippen LogP contribution is -2.62. The highest BCUT2D eigenvalue weighted by molar-refractivity contribution is 6.21. The van der Waals surface area contributed by atoms with Crippen molar-refractivity contribution in [2.24, 2.45) is 5.92 Å². The zero-order valence-electron chi connectivity index (χ0n) is 22.8. The molecule has 2 fully saturated rings. The van der Waals surface area contributed by atoms with Gasteiger partial charge in [-0.15, -0.1) is 0 Å². The zero-order valence-corrected chi connectivity index (χ0v) is 22.8. The summed E-state index contributed by atoms with van der Waals surface area (Å²) in [5.74, 6) is -0.660. The van der Waals surface area contributed by atoms with Gasteiger partial charge in [0.25, 0.3) is 5.91 Å². The van der Waals surface area contributed by atoms with Crippen LogP contribution in [0, 0.1) is 5.92 Å². The summed E-state index contributed by atoms with van der Waals surface area (Å²) in [4.78, 5) is 46.1. The van der Waals surface area contributed by atoms with E-state index in [-0.39, 0.29) is 23.6 Å². The predicted molar refractivity (Wildman–Crippen MR) is 153 cm³/mol. The third-order valence-electron chi connectivity index (χ3n) is 9.49. The fourth-order valence-corrected chi connectivity index (χ4v) is 8.08. The molecule has 4 aliphatic rings. The van der Waals surface area contributed by atoms with Crippen molar-refractivity contribution in [3.63, 3.8) is 0 Å². The van der Waals surface area contributed by atoms with E-state index in [9.17, 15) is 14.4 Å². The van der Waals surface area contributed by atoms with Crippen molar-refractivity contribution >= 4 is 29.0 Å². The van der Waals surface area contributed by atoms with Crippen LogP contribution in [0.3, 0.4) is 0 Å². The molecule has 0 radical (unpaired) electrons. The molecule has 2 saturated heterocycles. The van der Waals surface area contributed by atoms with Crippen molar-refractivity contribution in [3.8, 4) is 5.75 Å². The van der Waals surface area contributed by atoms with Crippen molar-refractivity contribution in [3.05, 3.63) is 89.0 Å². The molecule has 7 heteroatoms. The Morgan fingerprint density at radius 2 is 1.73 bits per heavy atom. The van der Waals surface area contributed by atoms with E-state index in [1.165, 1.54) is 0 Å². The molecule has 4 unspecified atom stereocenters. The molecule has 4 heterocycles. The molecule has 3 aromatic carbocycles. The lowest BCUT2D eigenvalue weighted by atomic mass is 9.57. The van der Waals surface area contributed by atoms with Crippen molar-refractivity contribution in [1.82, 2.24) is 4.90 Å². The SMILES string of the molecule is CCCOc1ccc(C(=O)C2C3CCCN3C3(C(=O)Nc4c(CC)cccc43)C23C(=O)Nc2ccccc23)cc1. The van der Waals surface area contributed by atoms with Gasteiger partial charge >= 0.3 is 0 Å². The van der Waals surface area contributed by atoms with E-state index in [2.05, 4.69) is 22.5 Å². The number of fused-ring (bicyclic) bond motifs is 7. The summed E-state index contributed by atoms with van der Waals surface area (Å²) in [5, 5.41) is 6.30. The van der Waals surface area contributed by atoms with Crippen molar-refractivity contribution < 1.29 is 19.1 Å². The van der Waals surface area contributed by atoms with Gasteiger partial charge in [0.1, 0.15) is 16.7 Å². The van der Waals surface area contributed by atoms with Gasteiger partial charge in [-0.25, -0.2) is 0 Å². The Morgan fingerprint density at radius 1 is 0.950 bits per heavy atom. The highest BCUT2D eigenvalue weighted by Crippen LogP contribution is 2.68. The van der Waals surface area contributed by atoms with Crippen LogP contribution in [0.25, 0.3) is 0 Å². The van der Waals surface area contributed by atoms with E-state index in [0.717, 1.165) is 48.1 Å². The second-order valence-electron chi connectivity index (χ2n) is 11.3. The van der Waals surface area contributed by atoms with Crippen LogP contribution in [0.2, 0.25) is 0 Å². The zero-order chi connectivity index (χ0) is 27.6. The minimum atomic E-state index is -1.43. The van der Waals surface area contributed by atoms with Gasteiger partial charge in [-0.05, 0) is 73.7 Å². The van der Waals surface area contributed by atoms with E-state index >= 15 is 0 Å². The molecule has 3 aromatic rings. The summed E-state index contributed by atoms with van der Waals surface area (Å²) in [5.41, 5.74) is 1.76. The Bertz CT molecular complexity index is 1550. The maximum Gasteiger partial charge on any atom is 0.251 e. The first-order valence-electron chi connectivity index (χ1n) is 14.4. The minimum Gasteiger partial charge on any atom is -0.494 e. The van der Waals surface area contributed by atoms with Crippen LogP contribution in [0.4, 0.5) is 11.4 Å². The number of hydrogen-bond acceptors (Lipinski definition) is 5. The third-order valence-corrected chi connectivity index (χ3v) is 9.49. The van der Waals surface area contributed by atoms with Crippen LogP contribution in [-0.4, -0.2) is 41.7 Å². The first-order chi connectivity index (χ1) is 19.5. The standard InChI is InChI=1S/C33H33N3O4/c1-3-19-40-22-16-14-21(15-17-22)29(37)27-26-13-8-18-36(26)33(24-11-7-9-20(4-2)28(24)35-31(33)39)32(27)23-10-5-6-12-25(23)34-30(32)38/h5-7,9-12,14-17,26-27H,3-4,8,13,18-19H2,1-2H3,(H,34,38)(H,35,39). The number of hydrogen-bond donors (Lipinski definition) is 2. The third kappa shape index (κ3) is 2.96. The molecular weight excluding hydrogens is 502 g/mol. The molecule has 204 valence electrons. The highest BCUT2D eigenvalue weighted by Gasteiger charge is 2.81. The Hall–Kier alpha value is -3.97. The number of nitrogens with zero attached hydrogens (tertiary/aromatic N) is 1. The van der Waals surface area contributed by atoms with E-state index < -0.39 is 16.9 Å². The molecule has 4 atom stereocenters. The second-order valence-corrected chi connectivity index (χ2v) is 11.3. The predicted octanol–water partition coefficient (Wildman–Crippen LogP) is 5.05. The second kappa shape index (κ2) is 9.03. The molecule has 2 spiro atoms. The first-order valence-corrected chi connectivity index (χ1v) is 14.4. The molecule has 0 aliphatic carbocycles. The number of nitrogens with one attached hydrogen (secondary N) is 2. The fourth-order valence-electron chi connectivity index (χ4n) is 8.08. The average molecular weight is 536 g/mol. The summed E-state index contributed by atoms with van der Waals surface area (Å²) < 4.78 is 5.76. The lowest BCUT2D eigenvalue weighted by molar-refractivity contribution is -0.137. The first kappa shape index (κ1) is 25.0. The number of para-hydroxylation sites is 2. The summed E-state index contributed by atoms with van der Waals surface area (Å²) in [7, 11) is 0. The number of benzene rings is 3. The van der Waals surface area contributed by atoms with Gasteiger partial charge in [0.2, 0.25) is 5.91 Å². The van der Waals surface area contributed by atoms with Crippen molar-refractivity contribution in [1.29, 1.82) is 0 Å². The van der Waals surface area contributed by atoms with Gasteiger partial charge in [-0.1, -0.05) is 50.2 Å². The maximum absolute atomic E-state index is 14.7. The Morgan fingerprint density at radius 3 is 2.50 bits per heavy atom. The molecule has 0 saturated carbocycles. The summed E-state index contributed by atoms with van der Waals surface area (Å²) in [6.45, 7) is 5.35. The molecule has 2 amide bonds.